The lowest BCUT2D eigenvalue weighted by Crippen LogP contribution is -1.95. The highest BCUT2D eigenvalue weighted by Gasteiger charge is 2.10. The second-order valence-corrected chi connectivity index (χ2v) is 5.26. The zero-order valence-corrected chi connectivity index (χ0v) is 11.8. The summed E-state index contributed by atoms with van der Waals surface area (Å²) in [6.07, 6.45) is 1.63. The molecule has 4 rings (SSSR count). The van der Waals surface area contributed by atoms with Crippen LogP contribution in [0.3, 0.4) is 0 Å². The smallest absolute Gasteiger partial charge is 0.243 e. The van der Waals surface area contributed by atoms with E-state index in [0.29, 0.717) is 22.4 Å². The average molecular weight is 298 g/mol. The van der Waals surface area contributed by atoms with Gasteiger partial charge in [0.25, 0.3) is 0 Å². The number of thiazole rings is 1. The Morgan fingerprint density at radius 3 is 3.05 bits per heavy atom. The van der Waals surface area contributed by atoms with Crippen LogP contribution in [-0.2, 0) is 0 Å². The quantitative estimate of drug-likeness (QED) is 0.568. The molecule has 0 fully saturated rings. The molecule has 0 saturated carbocycles. The number of para-hydroxylation sites is 1. The number of anilines is 1. The lowest BCUT2D eigenvalue weighted by Gasteiger charge is -1.89. The van der Waals surface area contributed by atoms with Gasteiger partial charge in [-0.3, -0.25) is 5.10 Å². The van der Waals surface area contributed by atoms with Crippen LogP contribution in [0.15, 0.2) is 40.7 Å². The van der Waals surface area contributed by atoms with Crippen LogP contribution in [0, 0.1) is 0 Å². The SMILES string of the molecule is CNc1n[nH]c2c(N=Nc3nc4ccccc4s3)cnn12. The largest absolute Gasteiger partial charge is 0.356 e. The molecule has 0 saturated heterocycles. The predicted octanol–water partition coefficient (Wildman–Crippen LogP) is 3.12. The molecule has 9 heteroatoms. The number of aromatic amines is 1. The van der Waals surface area contributed by atoms with Crippen molar-refractivity contribution in [3.63, 3.8) is 0 Å². The third-order valence-corrected chi connectivity index (χ3v) is 3.89. The molecule has 0 aliphatic rings. The summed E-state index contributed by atoms with van der Waals surface area (Å²) in [6, 6.07) is 7.90. The lowest BCUT2D eigenvalue weighted by molar-refractivity contribution is 0.959. The summed E-state index contributed by atoms with van der Waals surface area (Å²) in [4.78, 5) is 4.41. The molecular formula is C12H10N8S. The molecule has 8 nitrogen and oxygen atoms in total. The van der Waals surface area contributed by atoms with E-state index in [-0.39, 0.29) is 0 Å². The Labute approximate surface area is 122 Å². The number of nitrogens with one attached hydrogen (secondary N) is 2. The topological polar surface area (TPSA) is 95.6 Å². The number of azo groups is 1. The third-order valence-electron chi connectivity index (χ3n) is 2.97. The maximum Gasteiger partial charge on any atom is 0.243 e. The van der Waals surface area contributed by atoms with Crippen molar-refractivity contribution < 1.29 is 0 Å². The Kier molecular flexibility index (Phi) is 2.64. The first kappa shape index (κ1) is 12.0. The molecule has 0 atom stereocenters. The van der Waals surface area contributed by atoms with E-state index in [2.05, 4.69) is 35.8 Å². The van der Waals surface area contributed by atoms with E-state index in [9.17, 15) is 0 Å². The van der Waals surface area contributed by atoms with Gasteiger partial charge in [-0.2, -0.15) is 9.61 Å². The minimum atomic E-state index is 0.614. The van der Waals surface area contributed by atoms with Crippen LogP contribution in [0.2, 0.25) is 0 Å². The molecule has 1 aromatic carbocycles. The summed E-state index contributed by atoms with van der Waals surface area (Å²) < 4.78 is 2.72. The highest BCUT2D eigenvalue weighted by Crippen LogP contribution is 2.29. The third kappa shape index (κ3) is 1.94. The molecule has 0 aliphatic heterocycles. The fourth-order valence-electron chi connectivity index (χ4n) is 1.99. The second-order valence-electron chi connectivity index (χ2n) is 4.25. The Morgan fingerprint density at radius 2 is 2.19 bits per heavy atom. The van der Waals surface area contributed by atoms with Gasteiger partial charge in [0.05, 0.1) is 16.4 Å². The first-order valence-electron chi connectivity index (χ1n) is 6.22. The lowest BCUT2D eigenvalue weighted by atomic mass is 10.3. The average Bonchev–Trinajstić information content (AvgIpc) is 3.19. The Hall–Kier alpha value is -2.81. The molecule has 0 spiro atoms. The van der Waals surface area contributed by atoms with E-state index in [1.807, 2.05) is 24.3 Å². The summed E-state index contributed by atoms with van der Waals surface area (Å²) >= 11 is 1.50. The van der Waals surface area contributed by atoms with Crippen LogP contribution in [0.5, 0.6) is 0 Å². The second kappa shape index (κ2) is 4.63. The van der Waals surface area contributed by atoms with Crippen molar-refractivity contribution in [1.82, 2.24) is 24.8 Å². The van der Waals surface area contributed by atoms with Crippen LogP contribution in [-0.4, -0.2) is 31.8 Å². The molecule has 0 aliphatic carbocycles. The van der Waals surface area contributed by atoms with Crippen molar-refractivity contribution in [2.45, 2.75) is 0 Å². The van der Waals surface area contributed by atoms with Crippen LogP contribution in [0.1, 0.15) is 0 Å². The minimum absolute atomic E-state index is 0.614. The summed E-state index contributed by atoms with van der Waals surface area (Å²) in [5, 5.41) is 23.1. The molecule has 2 N–H and O–H groups in total. The highest BCUT2D eigenvalue weighted by atomic mass is 32.1. The van der Waals surface area contributed by atoms with E-state index in [4.69, 9.17) is 0 Å². The van der Waals surface area contributed by atoms with E-state index >= 15 is 0 Å². The van der Waals surface area contributed by atoms with Gasteiger partial charge >= 0.3 is 0 Å². The van der Waals surface area contributed by atoms with Gasteiger partial charge in [0.2, 0.25) is 11.1 Å². The van der Waals surface area contributed by atoms with Gasteiger partial charge in [0, 0.05) is 7.05 Å². The van der Waals surface area contributed by atoms with E-state index in [1.165, 1.54) is 11.3 Å². The maximum absolute atomic E-state index is 4.41. The number of hydrogen-bond acceptors (Lipinski definition) is 7. The van der Waals surface area contributed by atoms with Crippen molar-refractivity contribution in [3.8, 4) is 0 Å². The number of fused-ring (bicyclic) bond motifs is 2. The number of benzene rings is 1. The molecular weight excluding hydrogens is 288 g/mol. The van der Waals surface area contributed by atoms with Crippen molar-refractivity contribution in [1.29, 1.82) is 0 Å². The van der Waals surface area contributed by atoms with E-state index in [1.54, 1.807) is 17.8 Å². The van der Waals surface area contributed by atoms with Crippen molar-refractivity contribution in [2.75, 3.05) is 12.4 Å². The van der Waals surface area contributed by atoms with Crippen molar-refractivity contribution in [2.24, 2.45) is 10.2 Å². The molecule has 0 amide bonds. The predicted molar refractivity (Wildman–Crippen MR) is 80.7 cm³/mol. The summed E-state index contributed by atoms with van der Waals surface area (Å²) in [6.45, 7) is 0. The normalized spacial score (nSPS) is 11.9. The first-order valence-corrected chi connectivity index (χ1v) is 7.04. The summed E-state index contributed by atoms with van der Waals surface area (Å²) in [5.41, 5.74) is 2.23. The fraction of sp³-hybridized carbons (Fsp3) is 0.0833. The van der Waals surface area contributed by atoms with Crippen molar-refractivity contribution >= 4 is 44.0 Å². The maximum atomic E-state index is 4.41. The number of hydrogen-bond donors (Lipinski definition) is 2. The monoisotopic (exact) mass is 298 g/mol. The molecule has 0 radical (unpaired) electrons. The summed E-state index contributed by atoms with van der Waals surface area (Å²) in [5.74, 6) is 0.617. The van der Waals surface area contributed by atoms with Gasteiger partial charge in [-0.15, -0.1) is 15.3 Å². The van der Waals surface area contributed by atoms with Crippen LogP contribution in [0.4, 0.5) is 16.8 Å². The Morgan fingerprint density at radius 1 is 1.29 bits per heavy atom. The van der Waals surface area contributed by atoms with Gasteiger partial charge in [-0.1, -0.05) is 23.5 Å². The number of rotatable bonds is 3. The Balaban J connectivity index is 1.71. The Bertz CT molecular complexity index is 914. The molecule has 3 heterocycles. The molecule has 0 unspecified atom stereocenters. The van der Waals surface area contributed by atoms with Gasteiger partial charge in [0.15, 0.2) is 11.3 Å². The van der Waals surface area contributed by atoms with E-state index < -0.39 is 0 Å². The van der Waals surface area contributed by atoms with Crippen molar-refractivity contribution in [3.05, 3.63) is 30.5 Å². The molecule has 4 aromatic rings. The van der Waals surface area contributed by atoms with Gasteiger partial charge in [-0.05, 0) is 12.1 Å². The first-order chi connectivity index (χ1) is 10.3. The zero-order valence-electron chi connectivity index (χ0n) is 11.0. The fourth-order valence-corrected chi connectivity index (χ4v) is 2.78. The molecule has 0 bridgehead atoms. The van der Waals surface area contributed by atoms with Crippen LogP contribution < -0.4 is 5.32 Å². The molecule has 21 heavy (non-hydrogen) atoms. The number of aromatic nitrogens is 5. The van der Waals surface area contributed by atoms with Crippen LogP contribution >= 0.6 is 11.3 Å². The number of nitrogens with zero attached hydrogens (tertiary/aromatic N) is 6. The minimum Gasteiger partial charge on any atom is -0.356 e. The summed E-state index contributed by atoms with van der Waals surface area (Å²) in [7, 11) is 1.78. The molecule has 3 aromatic heterocycles. The van der Waals surface area contributed by atoms with E-state index in [0.717, 1.165) is 10.2 Å². The standard InChI is InChI=1S/C12H10N8S/c1-13-11-18-17-10-8(6-14-20(10)11)16-19-12-15-7-4-2-3-5-9(7)21-12/h2-6,17H,1H3,(H,13,18). The van der Waals surface area contributed by atoms with Crippen LogP contribution in [0.25, 0.3) is 15.9 Å². The van der Waals surface area contributed by atoms with Gasteiger partial charge < -0.3 is 5.32 Å². The van der Waals surface area contributed by atoms with Gasteiger partial charge in [-0.25, -0.2) is 4.98 Å². The highest BCUT2D eigenvalue weighted by molar-refractivity contribution is 7.21. The molecule has 104 valence electrons. The number of H-pyrrole nitrogens is 1. The zero-order chi connectivity index (χ0) is 14.2. The van der Waals surface area contributed by atoms with Gasteiger partial charge in [0.1, 0.15) is 0 Å².